The van der Waals surface area contributed by atoms with Crippen molar-refractivity contribution in [3.63, 3.8) is 0 Å². The van der Waals surface area contributed by atoms with Crippen molar-refractivity contribution >= 4 is 47.4 Å². The predicted molar refractivity (Wildman–Crippen MR) is 217 cm³/mol. The molecule has 1 aliphatic rings. The first-order chi connectivity index (χ1) is 29.4. The fourth-order valence-electron chi connectivity index (χ4n) is 5.88. The van der Waals surface area contributed by atoms with Gasteiger partial charge in [0.25, 0.3) is 11.8 Å². The molecule has 4 amide bonds. The number of benzene rings is 1. The zero-order valence-electron chi connectivity index (χ0n) is 36.2. The Labute approximate surface area is 360 Å². The number of nitrogens with two attached hydrogens (primary N) is 2. The maximum Gasteiger partial charge on any atom is 0.407 e. The minimum atomic E-state index is -1.09. The molecule has 348 valence electrons. The molecule has 3 unspecified atom stereocenters. The molecular formula is C40H62N6O16. The fraction of sp³-hybridized carbons (Fsp3) is 0.625. The number of aliphatic hydroxyl groups excluding tert-OH is 1. The third-order valence-corrected chi connectivity index (χ3v) is 8.93. The summed E-state index contributed by atoms with van der Waals surface area (Å²) in [5.41, 5.74) is 7.66. The van der Waals surface area contributed by atoms with E-state index < -0.39 is 72.2 Å². The molecule has 22 heteroatoms. The number of amides is 4. The fourth-order valence-corrected chi connectivity index (χ4v) is 5.88. The lowest BCUT2D eigenvalue weighted by Gasteiger charge is -2.33. The highest BCUT2D eigenvalue weighted by Crippen LogP contribution is 2.24. The summed E-state index contributed by atoms with van der Waals surface area (Å²) in [7, 11) is 2.89. The molecule has 0 aliphatic carbocycles. The average molecular weight is 883 g/mol. The van der Waals surface area contributed by atoms with Crippen molar-refractivity contribution in [3.8, 4) is 5.75 Å². The van der Waals surface area contributed by atoms with Crippen molar-refractivity contribution in [2.75, 3.05) is 53.7 Å². The van der Waals surface area contributed by atoms with Gasteiger partial charge >= 0.3 is 24.0 Å². The number of hydrazine groups is 1. The number of methoxy groups -OCH3 is 2. The van der Waals surface area contributed by atoms with E-state index in [1.165, 1.54) is 53.1 Å². The number of ether oxygens (including phenoxy) is 7. The van der Waals surface area contributed by atoms with E-state index in [1.807, 2.05) is 0 Å². The van der Waals surface area contributed by atoms with Gasteiger partial charge in [-0.1, -0.05) is 18.6 Å². The van der Waals surface area contributed by atoms with Gasteiger partial charge in [-0.05, 0) is 32.3 Å². The number of rotatable bonds is 29. The highest BCUT2D eigenvalue weighted by molar-refractivity contribution is 6.01. The molecule has 0 bridgehead atoms. The Balaban J connectivity index is 1.99. The highest BCUT2D eigenvalue weighted by atomic mass is 16.7. The lowest BCUT2D eigenvalue weighted by Crippen LogP contribution is -2.51. The van der Waals surface area contributed by atoms with Gasteiger partial charge in [-0.15, -0.1) is 5.06 Å². The molecule has 22 nitrogen and oxygen atoms in total. The minimum absolute atomic E-state index is 0.00569. The maximum atomic E-state index is 12.3. The highest BCUT2D eigenvalue weighted by Gasteiger charge is 2.33. The van der Waals surface area contributed by atoms with Gasteiger partial charge in [-0.2, -0.15) is 0 Å². The number of hydrogen-bond acceptors (Lipinski definition) is 19. The van der Waals surface area contributed by atoms with Crippen molar-refractivity contribution in [2.24, 2.45) is 11.6 Å². The first-order valence-electron chi connectivity index (χ1n) is 20.0. The first-order valence-corrected chi connectivity index (χ1v) is 20.0. The number of hydrogen-bond donors (Lipinski definition) is 5. The Morgan fingerprint density at radius 3 is 2.27 bits per heavy atom. The van der Waals surface area contributed by atoms with Crippen LogP contribution >= 0.6 is 0 Å². The molecule has 2 rings (SSSR count). The van der Waals surface area contributed by atoms with Crippen LogP contribution in [0.1, 0.15) is 83.8 Å². The molecule has 0 aromatic heterocycles. The van der Waals surface area contributed by atoms with Gasteiger partial charge in [0.2, 0.25) is 5.91 Å². The zero-order valence-corrected chi connectivity index (χ0v) is 36.2. The number of carbonyl (C=O) groups excluding carboxylic acids is 7. The van der Waals surface area contributed by atoms with Crippen LogP contribution in [-0.2, 0) is 68.6 Å². The van der Waals surface area contributed by atoms with Crippen molar-refractivity contribution in [1.82, 2.24) is 20.7 Å². The molecule has 0 spiro atoms. The number of aliphatic hydroxyl groups is 1. The van der Waals surface area contributed by atoms with Crippen LogP contribution in [0.5, 0.6) is 5.75 Å². The van der Waals surface area contributed by atoms with Crippen LogP contribution in [-0.4, -0.2) is 141 Å². The second-order valence-corrected chi connectivity index (χ2v) is 14.3. The topological polar surface area (TPSA) is 296 Å². The van der Waals surface area contributed by atoms with Gasteiger partial charge < -0.3 is 64.5 Å². The Hall–Kier alpha value is -5.55. The van der Waals surface area contributed by atoms with Crippen LogP contribution in [0, 0.1) is 0 Å². The summed E-state index contributed by atoms with van der Waals surface area (Å²) in [5, 5.41) is 17.8. The Bertz CT molecular complexity index is 1660. The van der Waals surface area contributed by atoms with Gasteiger partial charge in [0.05, 0.1) is 50.8 Å². The number of esters is 2. The molecule has 7 N–H and O–H groups in total. The molecule has 1 heterocycles. The summed E-state index contributed by atoms with van der Waals surface area (Å²) in [4.78, 5) is 87.5. The lowest BCUT2D eigenvalue weighted by molar-refractivity contribution is -0.197. The van der Waals surface area contributed by atoms with E-state index in [1.54, 1.807) is 18.2 Å². The monoisotopic (exact) mass is 882 g/mol. The molecule has 1 aromatic rings. The van der Waals surface area contributed by atoms with E-state index in [0.717, 1.165) is 0 Å². The van der Waals surface area contributed by atoms with Gasteiger partial charge in [0.15, 0.2) is 0 Å². The molecule has 1 fully saturated rings. The van der Waals surface area contributed by atoms with Crippen molar-refractivity contribution in [3.05, 3.63) is 35.5 Å². The maximum absolute atomic E-state index is 12.3. The summed E-state index contributed by atoms with van der Waals surface area (Å²) >= 11 is 0. The quantitative estimate of drug-likeness (QED) is 0.0185. The van der Waals surface area contributed by atoms with Crippen LogP contribution in [0.3, 0.4) is 0 Å². The molecule has 0 radical (unpaired) electrons. The number of alkyl carbamates (subject to hydrolysis) is 1. The molecule has 1 aliphatic heterocycles. The van der Waals surface area contributed by atoms with E-state index >= 15 is 0 Å². The number of unbranched alkanes of at least 4 members (excludes halogenated alkanes) is 2. The SMILES string of the molecule is COCC(COCCC(OC(CN(N)/C=C(\N)c1ccc(COC(=O)NCCCCCC(=O)ON2C(=O)CCC2=O)c(OC)c1)[C@@H](C)O)[C@H](COC(C)=O)NC(C)=O)OC(C)=O. The van der Waals surface area contributed by atoms with Crippen LogP contribution in [0.4, 0.5) is 4.79 Å². The summed E-state index contributed by atoms with van der Waals surface area (Å²) in [6.45, 7) is 5.25. The van der Waals surface area contributed by atoms with E-state index in [0.29, 0.717) is 41.2 Å². The van der Waals surface area contributed by atoms with Gasteiger partial charge in [0, 0.05) is 77.6 Å². The van der Waals surface area contributed by atoms with E-state index in [4.69, 9.17) is 49.6 Å². The first kappa shape index (κ1) is 52.6. The van der Waals surface area contributed by atoms with Crippen molar-refractivity contribution in [1.29, 1.82) is 0 Å². The summed E-state index contributed by atoms with van der Waals surface area (Å²) in [6, 6.07) is 4.11. The second kappa shape index (κ2) is 28.1. The Morgan fingerprint density at radius 1 is 0.952 bits per heavy atom. The largest absolute Gasteiger partial charge is 0.496 e. The van der Waals surface area contributed by atoms with Gasteiger partial charge in [-0.3, -0.25) is 24.0 Å². The van der Waals surface area contributed by atoms with E-state index in [2.05, 4.69) is 10.6 Å². The van der Waals surface area contributed by atoms with Crippen LogP contribution < -0.4 is 26.9 Å². The third-order valence-electron chi connectivity index (χ3n) is 8.93. The number of carbonyl (C=O) groups is 7. The second-order valence-electron chi connectivity index (χ2n) is 14.3. The van der Waals surface area contributed by atoms with E-state index in [-0.39, 0.29) is 77.5 Å². The van der Waals surface area contributed by atoms with Crippen molar-refractivity contribution in [2.45, 2.75) is 110 Å². The zero-order chi connectivity index (χ0) is 46.2. The minimum Gasteiger partial charge on any atom is -0.496 e. The third kappa shape index (κ3) is 20.3. The number of nitrogens with one attached hydrogen (secondary N) is 2. The Morgan fingerprint density at radius 2 is 1.66 bits per heavy atom. The number of hydroxylamine groups is 2. The predicted octanol–water partition coefficient (Wildman–Crippen LogP) is 0.709. The molecule has 5 atom stereocenters. The van der Waals surface area contributed by atoms with Crippen LogP contribution in [0.15, 0.2) is 24.4 Å². The Kier molecular flexibility index (Phi) is 23.9. The summed E-state index contributed by atoms with van der Waals surface area (Å²) in [5.74, 6) is 3.43. The normalized spacial score (nSPS) is 15.2. The molecule has 1 aromatic carbocycles. The van der Waals surface area contributed by atoms with Crippen LogP contribution in [0.2, 0.25) is 0 Å². The van der Waals surface area contributed by atoms with Crippen LogP contribution in [0.25, 0.3) is 5.70 Å². The van der Waals surface area contributed by atoms with Gasteiger partial charge in [-0.25, -0.2) is 15.4 Å². The smallest absolute Gasteiger partial charge is 0.407 e. The molecule has 0 saturated carbocycles. The average Bonchev–Trinajstić information content (AvgIpc) is 3.52. The van der Waals surface area contributed by atoms with E-state index in [9.17, 15) is 38.7 Å². The molecule has 1 saturated heterocycles. The van der Waals surface area contributed by atoms with Gasteiger partial charge in [0.1, 0.15) is 31.2 Å². The number of nitrogens with zero attached hydrogens (tertiary/aromatic N) is 2. The van der Waals surface area contributed by atoms with Crippen molar-refractivity contribution < 1.29 is 76.7 Å². The molecule has 62 heavy (non-hydrogen) atoms. The lowest BCUT2D eigenvalue weighted by atomic mass is 10.1. The summed E-state index contributed by atoms with van der Waals surface area (Å²) < 4.78 is 38.4. The standard InChI is InChI=1S/C40H62N6O16/c1-25(47)36(61-34(33(44-26(2)48)24-58-27(3)49)15-17-57-23-31(22-55-5)60-28(4)50)20-45(42)19-32(41)29-11-12-30(35(18-29)56-6)21-59-40(54)43-16-9-7-8-10-39(53)62-46-37(51)13-14-38(46)52/h11-12,18-19,25,31,33-34,36,47H,7-10,13-17,20-24,41-42H2,1-6H3,(H,43,54)(H,44,48)/b32-19-/t25-,31?,33+,34?,36?/m1/s1. The number of imide groups is 1. The molecular weight excluding hydrogens is 820 g/mol. The summed E-state index contributed by atoms with van der Waals surface area (Å²) in [6.07, 6.45) is -1.11.